The Morgan fingerprint density at radius 1 is 1.06 bits per heavy atom. The van der Waals surface area contributed by atoms with Gasteiger partial charge in [-0.2, -0.15) is 18.3 Å². The third-order valence-electron chi connectivity index (χ3n) is 6.33. The molecule has 0 aliphatic carbocycles. The number of fused-ring (bicyclic) bond motifs is 1. The van der Waals surface area contributed by atoms with E-state index in [0.717, 1.165) is 12.1 Å². The van der Waals surface area contributed by atoms with Crippen molar-refractivity contribution in [2.24, 2.45) is 0 Å². The summed E-state index contributed by atoms with van der Waals surface area (Å²) in [7, 11) is 0. The Hall–Kier alpha value is -3.63. The van der Waals surface area contributed by atoms with Crippen LogP contribution in [-0.4, -0.2) is 28.9 Å². The number of rotatable bonds is 7. The Labute approximate surface area is 199 Å². The largest absolute Gasteiger partial charge is 0.416 e. The molecule has 0 aliphatic heterocycles. The molecule has 0 aliphatic rings. The lowest BCUT2D eigenvalue weighted by molar-refractivity contribution is -0.137. The second kappa shape index (κ2) is 9.20. The fourth-order valence-corrected chi connectivity index (χ4v) is 3.99. The number of alkyl halides is 3. The quantitative estimate of drug-likeness (QED) is 0.406. The lowest BCUT2D eigenvalue weighted by Crippen LogP contribution is -2.42. The third kappa shape index (κ3) is 4.54. The zero-order chi connectivity index (χ0) is 25.5. The van der Waals surface area contributed by atoms with Gasteiger partial charge in [0.05, 0.1) is 23.9 Å². The van der Waals surface area contributed by atoms with Crippen LogP contribution in [0.3, 0.4) is 0 Å². The molecule has 35 heavy (non-hydrogen) atoms. The molecular formula is C24H27F3N6O2. The molecule has 4 rings (SSSR count). The zero-order valence-electron chi connectivity index (χ0n) is 19.9. The molecule has 2 unspecified atom stereocenters. The standard InChI is InChI=1S/C24H27F3N6O2/c1-5-14(3)32-21-19(22(34)33(23(32)35)15(4)6-2)29-20(30-21)17-11-28-31(13-17)12-16-8-7-9-18(10-16)24(25,26)27/h7-11,13-15H,5-6,12H2,1-4H3,(H,29,30). The maximum atomic E-state index is 13.2. The van der Waals surface area contributed by atoms with Gasteiger partial charge in [0.15, 0.2) is 5.65 Å². The van der Waals surface area contributed by atoms with Crippen molar-refractivity contribution in [2.75, 3.05) is 0 Å². The summed E-state index contributed by atoms with van der Waals surface area (Å²) in [6.45, 7) is 7.71. The van der Waals surface area contributed by atoms with Gasteiger partial charge in [-0.25, -0.2) is 9.78 Å². The Kier molecular flexibility index (Phi) is 6.44. The van der Waals surface area contributed by atoms with Crippen molar-refractivity contribution in [2.45, 2.75) is 65.3 Å². The molecule has 0 amide bonds. The second-order valence-corrected chi connectivity index (χ2v) is 8.75. The molecule has 2 atom stereocenters. The summed E-state index contributed by atoms with van der Waals surface area (Å²) in [6.07, 6.45) is 0.0174. The van der Waals surface area contributed by atoms with Gasteiger partial charge in [-0.05, 0) is 44.4 Å². The van der Waals surface area contributed by atoms with Gasteiger partial charge in [-0.1, -0.05) is 26.0 Å². The average molecular weight is 489 g/mol. The number of nitrogens with zero attached hydrogens (tertiary/aromatic N) is 5. The molecule has 1 aromatic carbocycles. The minimum absolute atomic E-state index is 0.128. The summed E-state index contributed by atoms with van der Waals surface area (Å²) >= 11 is 0. The van der Waals surface area contributed by atoms with Crippen molar-refractivity contribution in [1.82, 2.24) is 28.9 Å². The van der Waals surface area contributed by atoms with Gasteiger partial charge in [-0.3, -0.25) is 18.6 Å². The van der Waals surface area contributed by atoms with E-state index in [-0.39, 0.29) is 29.8 Å². The van der Waals surface area contributed by atoms with Gasteiger partial charge in [0, 0.05) is 18.3 Å². The van der Waals surface area contributed by atoms with Crippen LogP contribution in [0.4, 0.5) is 13.2 Å². The Balaban J connectivity index is 1.76. The molecule has 0 radical (unpaired) electrons. The third-order valence-corrected chi connectivity index (χ3v) is 6.33. The summed E-state index contributed by atoms with van der Waals surface area (Å²) in [6, 6.07) is 4.61. The van der Waals surface area contributed by atoms with Crippen LogP contribution in [0.5, 0.6) is 0 Å². The van der Waals surface area contributed by atoms with Crippen LogP contribution in [0.15, 0.2) is 46.2 Å². The van der Waals surface area contributed by atoms with Crippen LogP contribution in [0.1, 0.15) is 63.7 Å². The number of benzene rings is 1. The number of hydrogen-bond donors (Lipinski definition) is 1. The van der Waals surface area contributed by atoms with E-state index in [1.54, 1.807) is 12.3 Å². The highest BCUT2D eigenvalue weighted by molar-refractivity contribution is 5.75. The Morgan fingerprint density at radius 2 is 1.74 bits per heavy atom. The number of hydrogen-bond acceptors (Lipinski definition) is 4. The predicted octanol–water partition coefficient (Wildman–Crippen LogP) is 4.76. The van der Waals surface area contributed by atoms with Crippen molar-refractivity contribution in [3.63, 3.8) is 0 Å². The molecule has 1 N–H and O–H groups in total. The van der Waals surface area contributed by atoms with Gasteiger partial charge >= 0.3 is 11.9 Å². The highest BCUT2D eigenvalue weighted by atomic mass is 19.4. The maximum absolute atomic E-state index is 13.2. The summed E-state index contributed by atoms with van der Waals surface area (Å²) in [5, 5.41) is 4.25. The van der Waals surface area contributed by atoms with Crippen LogP contribution < -0.4 is 11.2 Å². The van der Waals surface area contributed by atoms with E-state index in [1.807, 2.05) is 27.7 Å². The zero-order valence-corrected chi connectivity index (χ0v) is 19.9. The van der Waals surface area contributed by atoms with E-state index >= 15 is 0 Å². The monoisotopic (exact) mass is 488 g/mol. The Bertz CT molecular complexity index is 1480. The molecule has 8 nitrogen and oxygen atoms in total. The molecule has 4 aromatic rings. The smallest absolute Gasteiger partial charge is 0.332 e. The van der Waals surface area contributed by atoms with Gasteiger partial charge in [0.1, 0.15) is 11.3 Å². The van der Waals surface area contributed by atoms with Crippen LogP contribution in [-0.2, 0) is 12.7 Å². The average Bonchev–Trinajstić information content (AvgIpc) is 3.46. The SMILES string of the molecule is CCC(C)n1c(=O)c2[nH]c(-c3cnn(Cc4cccc(C(F)(F)F)c4)c3)nc2n(C(C)CC)c1=O. The normalized spacial score (nSPS) is 13.9. The van der Waals surface area contributed by atoms with Crippen LogP contribution >= 0.6 is 0 Å². The molecule has 0 fully saturated rings. The lowest BCUT2D eigenvalue weighted by atomic mass is 10.1. The first kappa shape index (κ1) is 24.5. The maximum Gasteiger partial charge on any atom is 0.416 e. The van der Waals surface area contributed by atoms with Crippen molar-refractivity contribution in [3.05, 3.63) is 68.6 Å². The minimum atomic E-state index is -4.42. The van der Waals surface area contributed by atoms with E-state index in [4.69, 9.17) is 0 Å². The second-order valence-electron chi connectivity index (χ2n) is 8.75. The number of halogens is 3. The molecule has 11 heteroatoms. The molecular weight excluding hydrogens is 461 g/mol. The first-order valence-corrected chi connectivity index (χ1v) is 11.5. The number of aromatic amines is 1. The number of nitrogens with one attached hydrogen (secondary N) is 1. The molecule has 0 saturated carbocycles. The molecule has 3 heterocycles. The van der Waals surface area contributed by atoms with Crippen molar-refractivity contribution < 1.29 is 13.2 Å². The first-order valence-electron chi connectivity index (χ1n) is 11.5. The minimum Gasteiger partial charge on any atom is -0.332 e. The number of H-pyrrole nitrogens is 1. The topological polar surface area (TPSA) is 90.5 Å². The van der Waals surface area contributed by atoms with Gasteiger partial charge in [0.2, 0.25) is 0 Å². The van der Waals surface area contributed by atoms with Crippen LogP contribution in [0.2, 0.25) is 0 Å². The van der Waals surface area contributed by atoms with Gasteiger partial charge < -0.3 is 4.98 Å². The molecule has 0 saturated heterocycles. The molecule has 0 bridgehead atoms. The highest BCUT2D eigenvalue weighted by Gasteiger charge is 2.30. The van der Waals surface area contributed by atoms with E-state index in [0.29, 0.717) is 29.8 Å². The Morgan fingerprint density at radius 3 is 2.40 bits per heavy atom. The van der Waals surface area contributed by atoms with Crippen molar-refractivity contribution in [3.8, 4) is 11.4 Å². The first-order chi connectivity index (χ1) is 16.5. The molecule has 186 valence electrons. The van der Waals surface area contributed by atoms with Crippen molar-refractivity contribution in [1.29, 1.82) is 0 Å². The number of imidazole rings is 1. The number of aromatic nitrogens is 6. The van der Waals surface area contributed by atoms with E-state index < -0.39 is 23.0 Å². The van der Waals surface area contributed by atoms with Crippen molar-refractivity contribution >= 4 is 11.2 Å². The van der Waals surface area contributed by atoms with E-state index in [9.17, 15) is 22.8 Å². The van der Waals surface area contributed by atoms with Crippen LogP contribution in [0.25, 0.3) is 22.6 Å². The van der Waals surface area contributed by atoms with Gasteiger partial charge in [0.25, 0.3) is 5.56 Å². The fraction of sp³-hybridized carbons (Fsp3) is 0.417. The summed E-state index contributed by atoms with van der Waals surface area (Å²) in [4.78, 5) is 34.0. The predicted molar refractivity (Wildman–Crippen MR) is 126 cm³/mol. The molecule has 0 spiro atoms. The molecule has 3 aromatic heterocycles. The lowest BCUT2D eigenvalue weighted by Gasteiger charge is -2.18. The summed E-state index contributed by atoms with van der Waals surface area (Å²) in [5.41, 5.74) is -0.0638. The van der Waals surface area contributed by atoms with E-state index in [1.165, 1.54) is 26.1 Å². The highest BCUT2D eigenvalue weighted by Crippen LogP contribution is 2.30. The van der Waals surface area contributed by atoms with Crippen LogP contribution in [0, 0.1) is 0 Å². The summed E-state index contributed by atoms with van der Waals surface area (Å²) in [5.74, 6) is 0.353. The fourth-order valence-electron chi connectivity index (χ4n) is 3.99. The van der Waals surface area contributed by atoms with Gasteiger partial charge in [-0.15, -0.1) is 0 Å². The summed E-state index contributed by atoms with van der Waals surface area (Å²) < 4.78 is 43.4. The van der Waals surface area contributed by atoms with E-state index in [2.05, 4.69) is 15.1 Å².